The molecule has 2 aromatic heterocycles. The van der Waals surface area contributed by atoms with Crippen molar-refractivity contribution in [3.05, 3.63) is 33.4 Å². The van der Waals surface area contributed by atoms with Gasteiger partial charge >= 0.3 is 11.9 Å². The summed E-state index contributed by atoms with van der Waals surface area (Å²) >= 11 is 6.89. The Morgan fingerprint density at radius 2 is 1.97 bits per heavy atom. The van der Waals surface area contributed by atoms with E-state index in [1.165, 1.54) is 10.9 Å². The molecule has 2 rings (SSSR count). The van der Waals surface area contributed by atoms with Gasteiger partial charge in [-0.25, -0.2) is 9.59 Å². The highest BCUT2D eigenvalue weighted by Gasteiger charge is 2.29. The van der Waals surface area contributed by atoms with Crippen LogP contribution in [0.15, 0.2) is 12.4 Å². The standard InChI is InChI=1S/C19H24ClN3O5S/c1-6-13(23-9-12(20)8-21-23)16(24)22-17-14(18(25)28-10(3)4)11(5)15(29-17)19(26)27-7-2/h8-10,13H,6-7H2,1-5H3,(H,22,24). The summed E-state index contributed by atoms with van der Waals surface area (Å²) < 4.78 is 11.8. The van der Waals surface area contributed by atoms with E-state index in [4.69, 9.17) is 21.1 Å². The Labute approximate surface area is 178 Å². The van der Waals surface area contributed by atoms with Crippen LogP contribution < -0.4 is 5.32 Å². The van der Waals surface area contributed by atoms with Gasteiger partial charge in [0, 0.05) is 6.20 Å². The van der Waals surface area contributed by atoms with Gasteiger partial charge in [0.1, 0.15) is 15.9 Å². The molecule has 0 saturated carbocycles. The first kappa shape index (κ1) is 22.9. The van der Waals surface area contributed by atoms with E-state index >= 15 is 0 Å². The monoisotopic (exact) mass is 441 g/mol. The number of rotatable bonds is 8. The number of halogens is 1. The van der Waals surface area contributed by atoms with Gasteiger partial charge in [0.2, 0.25) is 5.91 Å². The third kappa shape index (κ3) is 5.36. The van der Waals surface area contributed by atoms with Crippen LogP contribution in [0.4, 0.5) is 5.00 Å². The SMILES string of the molecule is CCOC(=O)c1sc(NC(=O)C(CC)n2cc(Cl)cn2)c(C(=O)OC(C)C)c1C. The number of aromatic nitrogens is 2. The summed E-state index contributed by atoms with van der Waals surface area (Å²) in [5, 5.41) is 7.48. The number of nitrogens with zero attached hydrogens (tertiary/aromatic N) is 2. The molecule has 0 aliphatic rings. The molecule has 10 heteroatoms. The third-order valence-electron chi connectivity index (χ3n) is 3.97. The van der Waals surface area contributed by atoms with Crippen molar-refractivity contribution in [2.45, 2.75) is 53.2 Å². The van der Waals surface area contributed by atoms with Gasteiger partial charge in [-0.1, -0.05) is 18.5 Å². The number of thiophene rings is 1. The molecule has 0 spiro atoms. The number of amides is 1. The maximum atomic E-state index is 12.9. The van der Waals surface area contributed by atoms with Crippen LogP contribution >= 0.6 is 22.9 Å². The minimum atomic E-state index is -0.634. The van der Waals surface area contributed by atoms with Gasteiger partial charge in [0.15, 0.2) is 0 Å². The Kier molecular flexibility index (Phi) is 7.80. The molecule has 0 saturated heterocycles. The zero-order chi connectivity index (χ0) is 21.7. The summed E-state index contributed by atoms with van der Waals surface area (Å²) in [7, 11) is 0. The van der Waals surface area contributed by atoms with Gasteiger partial charge in [-0.15, -0.1) is 11.3 Å². The fraction of sp³-hybridized carbons (Fsp3) is 0.474. The third-order valence-corrected chi connectivity index (χ3v) is 5.35. The smallest absolute Gasteiger partial charge is 0.348 e. The van der Waals surface area contributed by atoms with Crippen LogP contribution in [0.25, 0.3) is 0 Å². The number of carbonyl (C=O) groups is 3. The van der Waals surface area contributed by atoms with Crippen LogP contribution in [0.5, 0.6) is 0 Å². The largest absolute Gasteiger partial charge is 0.462 e. The first-order chi connectivity index (χ1) is 13.7. The summed E-state index contributed by atoms with van der Waals surface area (Å²) in [4.78, 5) is 38.0. The van der Waals surface area contributed by atoms with E-state index in [-0.39, 0.29) is 34.1 Å². The Bertz CT molecular complexity index is 906. The summed E-state index contributed by atoms with van der Waals surface area (Å²) in [5.74, 6) is -1.56. The van der Waals surface area contributed by atoms with E-state index < -0.39 is 18.0 Å². The Morgan fingerprint density at radius 3 is 2.48 bits per heavy atom. The highest BCUT2D eigenvalue weighted by atomic mass is 35.5. The number of esters is 2. The van der Waals surface area contributed by atoms with Gasteiger partial charge in [0.05, 0.1) is 29.5 Å². The highest BCUT2D eigenvalue weighted by Crippen LogP contribution is 2.35. The Morgan fingerprint density at radius 1 is 1.28 bits per heavy atom. The number of hydrogen-bond acceptors (Lipinski definition) is 7. The number of ether oxygens (including phenoxy) is 2. The average molecular weight is 442 g/mol. The van der Waals surface area contributed by atoms with Crippen LogP contribution in [0.2, 0.25) is 5.02 Å². The van der Waals surface area contributed by atoms with Crippen LogP contribution in [-0.2, 0) is 14.3 Å². The molecule has 2 aromatic rings. The van der Waals surface area contributed by atoms with E-state index in [1.54, 1.807) is 33.9 Å². The minimum Gasteiger partial charge on any atom is -0.462 e. The predicted molar refractivity (Wildman–Crippen MR) is 111 cm³/mol. The van der Waals surface area contributed by atoms with Crippen molar-refractivity contribution >= 4 is 45.8 Å². The predicted octanol–water partition coefficient (Wildman–Crippen LogP) is 4.24. The van der Waals surface area contributed by atoms with Crippen LogP contribution in [-0.4, -0.2) is 40.3 Å². The van der Waals surface area contributed by atoms with Crippen molar-refractivity contribution in [1.82, 2.24) is 9.78 Å². The molecule has 1 N–H and O–H groups in total. The Hall–Kier alpha value is -2.39. The quantitative estimate of drug-likeness (QED) is 0.615. The molecule has 0 radical (unpaired) electrons. The summed E-state index contributed by atoms with van der Waals surface area (Å²) in [5.41, 5.74) is 0.554. The summed E-state index contributed by atoms with van der Waals surface area (Å²) in [6.45, 7) is 8.79. The normalized spacial score (nSPS) is 12.0. The lowest BCUT2D eigenvalue weighted by atomic mass is 10.1. The van der Waals surface area contributed by atoms with Crippen molar-refractivity contribution in [2.24, 2.45) is 0 Å². The number of nitrogens with one attached hydrogen (secondary N) is 1. The van der Waals surface area contributed by atoms with E-state index in [9.17, 15) is 14.4 Å². The number of hydrogen-bond donors (Lipinski definition) is 1. The molecule has 2 heterocycles. The minimum absolute atomic E-state index is 0.147. The molecule has 0 bridgehead atoms. The van der Waals surface area contributed by atoms with Crippen LogP contribution in [0, 0.1) is 6.92 Å². The van der Waals surface area contributed by atoms with Crippen molar-refractivity contribution in [1.29, 1.82) is 0 Å². The molecule has 8 nitrogen and oxygen atoms in total. The van der Waals surface area contributed by atoms with E-state index in [0.29, 0.717) is 17.0 Å². The van der Waals surface area contributed by atoms with Gasteiger partial charge < -0.3 is 14.8 Å². The molecule has 0 aromatic carbocycles. The molecule has 1 atom stereocenters. The topological polar surface area (TPSA) is 99.5 Å². The molecule has 1 unspecified atom stereocenters. The van der Waals surface area contributed by atoms with Crippen molar-refractivity contribution in [3.63, 3.8) is 0 Å². The Balaban J connectivity index is 2.41. The maximum Gasteiger partial charge on any atom is 0.348 e. The van der Waals surface area contributed by atoms with Gasteiger partial charge in [0.25, 0.3) is 0 Å². The van der Waals surface area contributed by atoms with Crippen LogP contribution in [0.3, 0.4) is 0 Å². The lowest BCUT2D eigenvalue weighted by Crippen LogP contribution is -2.26. The molecular formula is C19H24ClN3O5S. The number of anilines is 1. The van der Waals surface area contributed by atoms with Crippen molar-refractivity contribution in [3.8, 4) is 0 Å². The van der Waals surface area contributed by atoms with Crippen molar-refractivity contribution in [2.75, 3.05) is 11.9 Å². The lowest BCUT2D eigenvalue weighted by Gasteiger charge is -2.16. The van der Waals surface area contributed by atoms with Crippen LogP contribution in [0.1, 0.15) is 65.8 Å². The second kappa shape index (κ2) is 9.89. The fourth-order valence-corrected chi connectivity index (χ4v) is 3.92. The van der Waals surface area contributed by atoms with Gasteiger partial charge in [-0.3, -0.25) is 9.48 Å². The lowest BCUT2D eigenvalue weighted by molar-refractivity contribution is -0.119. The van der Waals surface area contributed by atoms with E-state index in [0.717, 1.165) is 11.3 Å². The second-order valence-corrected chi connectivity index (χ2v) is 7.94. The summed E-state index contributed by atoms with van der Waals surface area (Å²) in [6, 6.07) is -0.634. The van der Waals surface area contributed by atoms with Gasteiger partial charge in [-0.2, -0.15) is 5.10 Å². The fourth-order valence-electron chi connectivity index (χ4n) is 2.68. The molecule has 158 valence electrons. The van der Waals surface area contributed by atoms with E-state index in [2.05, 4.69) is 10.4 Å². The zero-order valence-corrected chi connectivity index (χ0v) is 18.5. The number of carbonyl (C=O) groups excluding carboxylic acids is 3. The average Bonchev–Trinajstić information content (AvgIpc) is 3.18. The molecule has 29 heavy (non-hydrogen) atoms. The van der Waals surface area contributed by atoms with Gasteiger partial charge in [-0.05, 0) is 39.7 Å². The maximum absolute atomic E-state index is 12.9. The highest BCUT2D eigenvalue weighted by molar-refractivity contribution is 7.18. The zero-order valence-electron chi connectivity index (χ0n) is 16.9. The molecule has 1 amide bonds. The van der Waals surface area contributed by atoms with Crippen molar-refractivity contribution < 1.29 is 23.9 Å². The van der Waals surface area contributed by atoms with E-state index in [1.807, 2.05) is 6.92 Å². The first-order valence-corrected chi connectivity index (χ1v) is 10.4. The molecule has 0 aliphatic heterocycles. The first-order valence-electron chi connectivity index (χ1n) is 9.21. The molecule has 0 fully saturated rings. The molecular weight excluding hydrogens is 418 g/mol. The summed E-state index contributed by atoms with van der Waals surface area (Å²) in [6.07, 6.45) is 3.08. The molecule has 0 aliphatic carbocycles. The second-order valence-electron chi connectivity index (χ2n) is 6.49.